The zero-order chi connectivity index (χ0) is 23.4. The van der Waals surface area contributed by atoms with Gasteiger partial charge in [-0.15, -0.1) is 10.2 Å². The molecule has 11 heteroatoms. The summed E-state index contributed by atoms with van der Waals surface area (Å²) >= 11 is 0. The van der Waals surface area contributed by atoms with Gasteiger partial charge < -0.3 is 9.67 Å². The molecule has 1 heterocycles. The zero-order valence-electron chi connectivity index (χ0n) is 17.5. The van der Waals surface area contributed by atoms with E-state index in [1.165, 1.54) is 0 Å². The molecule has 0 saturated heterocycles. The number of fused-ring (bicyclic) bond motifs is 1. The molecular weight excluding hydrogens is 418 g/mol. The number of aryl methyl sites for hydroxylation is 2. The summed E-state index contributed by atoms with van der Waals surface area (Å²) in [6.45, 7) is 4.50. The van der Waals surface area contributed by atoms with E-state index in [2.05, 4.69) is 17.2 Å². The predicted octanol–water partition coefficient (Wildman–Crippen LogP) is 5.59. The molecule has 0 atom stereocenters. The first kappa shape index (κ1) is 22.5. The number of hydrogen-bond donors (Lipinski definition) is 1. The Balaban J connectivity index is 2.02. The lowest BCUT2D eigenvalue weighted by molar-refractivity contribution is -0.394. The monoisotopic (exact) mass is 439 g/mol. The third kappa shape index (κ3) is 4.61. The highest BCUT2D eigenvalue weighted by atomic mass is 16.6. The minimum atomic E-state index is -1.00. The minimum Gasteiger partial charge on any atom is -0.493 e. The van der Waals surface area contributed by atoms with Crippen LogP contribution >= 0.6 is 0 Å². The lowest BCUT2D eigenvalue weighted by Crippen LogP contribution is -1.99. The number of aromatic nitrogens is 1. The smallest absolute Gasteiger partial charge is 0.295 e. The second-order valence-electron chi connectivity index (χ2n) is 7.31. The molecule has 0 radical (unpaired) electrons. The number of unbranched alkanes of at least 4 members (excludes halogenated alkanes) is 2. The average Bonchev–Trinajstić information content (AvgIpc) is 3.01. The second-order valence-corrected chi connectivity index (χ2v) is 7.31. The summed E-state index contributed by atoms with van der Waals surface area (Å²) in [5, 5.41) is 40.9. The molecule has 3 aromatic rings. The van der Waals surface area contributed by atoms with E-state index in [4.69, 9.17) is 0 Å². The second kappa shape index (κ2) is 9.33. The largest absolute Gasteiger partial charge is 0.493 e. The highest BCUT2D eigenvalue weighted by Crippen LogP contribution is 2.39. The summed E-state index contributed by atoms with van der Waals surface area (Å²) < 4.78 is 1.70. The maximum atomic E-state index is 12.5. The molecule has 0 spiro atoms. The normalized spacial score (nSPS) is 11.3. The third-order valence-corrected chi connectivity index (χ3v) is 4.96. The number of non-ortho nitro benzene ring substituents is 2. The van der Waals surface area contributed by atoms with Crippen LogP contribution in [0.5, 0.6) is 5.88 Å². The number of nitro groups is 2. The van der Waals surface area contributed by atoms with Gasteiger partial charge in [0.2, 0.25) is 5.88 Å². The first-order valence-corrected chi connectivity index (χ1v) is 9.94. The topological polar surface area (TPSA) is 153 Å². The van der Waals surface area contributed by atoms with Crippen LogP contribution in [-0.4, -0.2) is 25.4 Å². The fourth-order valence-electron chi connectivity index (χ4n) is 3.36. The van der Waals surface area contributed by atoms with Crippen molar-refractivity contribution in [3.8, 4) is 5.88 Å². The van der Waals surface area contributed by atoms with Crippen LogP contribution in [0.2, 0.25) is 0 Å². The van der Waals surface area contributed by atoms with E-state index < -0.39 is 27.1 Å². The number of amides is 1. The Morgan fingerprint density at radius 3 is 2.31 bits per heavy atom. The fourth-order valence-corrected chi connectivity index (χ4v) is 3.36. The molecule has 1 amide bonds. The van der Waals surface area contributed by atoms with Crippen molar-refractivity contribution >= 4 is 33.9 Å². The lowest BCUT2D eigenvalue weighted by atomic mass is 10.1. The molecule has 0 fully saturated rings. The molecule has 11 nitrogen and oxygen atoms in total. The molecule has 32 heavy (non-hydrogen) atoms. The average molecular weight is 439 g/mol. The number of nitro benzene ring substituents is 2. The van der Waals surface area contributed by atoms with Crippen LogP contribution < -0.4 is 0 Å². The number of hydrogen-bond acceptors (Lipinski definition) is 7. The van der Waals surface area contributed by atoms with Crippen LogP contribution in [-0.2, 0) is 6.54 Å². The molecule has 2 aromatic carbocycles. The molecule has 166 valence electrons. The predicted molar refractivity (Wildman–Crippen MR) is 116 cm³/mol. The first-order chi connectivity index (χ1) is 15.2. The Bertz CT molecular complexity index is 1210. The number of carbonyl (C=O) groups is 1. The van der Waals surface area contributed by atoms with E-state index in [0.29, 0.717) is 11.9 Å². The molecule has 0 saturated carbocycles. The van der Waals surface area contributed by atoms with Crippen LogP contribution in [0.25, 0.3) is 10.9 Å². The van der Waals surface area contributed by atoms with E-state index in [-0.39, 0.29) is 17.1 Å². The summed E-state index contributed by atoms with van der Waals surface area (Å²) in [7, 11) is 0. The van der Waals surface area contributed by atoms with Crippen molar-refractivity contribution in [2.45, 2.75) is 39.7 Å². The van der Waals surface area contributed by atoms with Gasteiger partial charge in [-0.2, -0.15) is 0 Å². The summed E-state index contributed by atoms with van der Waals surface area (Å²) in [6.07, 6.45) is 2.83. The Morgan fingerprint density at radius 2 is 1.72 bits per heavy atom. The molecule has 0 aliphatic heterocycles. The summed E-state index contributed by atoms with van der Waals surface area (Å²) in [4.78, 5) is 32.9. The lowest BCUT2D eigenvalue weighted by Gasteiger charge is -2.06. The molecule has 0 bridgehead atoms. The van der Waals surface area contributed by atoms with E-state index in [1.807, 2.05) is 25.1 Å². The van der Waals surface area contributed by atoms with Gasteiger partial charge in [0.1, 0.15) is 0 Å². The maximum absolute atomic E-state index is 12.5. The van der Waals surface area contributed by atoms with E-state index in [1.54, 1.807) is 4.57 Å². The van der Waals surface area contributed by atoms with Crippen LogP contribution in [0, 0.1) is 27.2 Å². The highest BCUT2D eigenvalue weighted by molar-refractivity contribution is 5.98. The number of aromatic hydroxyl groups is 1. The first-order valence-electron chi connectivity index (χ1n) is 9.94. The van der Waals surface area contributed by atoms with E-state index in [0.717, 1.165) is 48.5 Å². The van der Waals surface area contributed by atoms with Crippen molar-refractivity contribution in [3.63, 3.8) is 0 Å². The van der Waals surface area contributed by atoms with Crippen molar-refractivity contribution in [2.75, 3.05) is 0 Å². The number of carbonyl (C=O) groups excluding carboxylic acids is 1. The van der Waals surface area contributed by atoms with Crippen molar-refractivity contribution in [1.29, 1.82) is 0 Å². The molecule has 0 aliphatic carbocycles. The summed E-state index contributed by atoms with van der Waals surface area (Å²) in [5.74, 6) is -1.15. The summed E-state index contributed by atoms with van der Waals surface area (Å²) in [6, 6.07) is 8.10. The van der Waals surface area contributed by atoms with Gasteiger partial charge in [0.05, 0.1) is 27.0 Å². The Labute approximate surface area is 182 Å². The fraction of sp³-hybridized carbons (Fsp3) is 0.286. The Morgan fingerprint density at radius 1 is 1.06 bits per heavy atom. The van der Waals surface area contributed by atoms with Crippen molar-refractivity contribution in [2.24, 2.45) is 10.2 Å². The van der Waals surface area contributed by atoms with Gasteiger partial charge in [-0.3, -0.25) is 25.0 Å². The van der Waals surface area contributed by atoms with Crippen LogP contribution in [0.1, 0.15) is 42.1 Å². The molecule has 3 rings (SSSR count). The number of benzene rings is 2. The van der Waals surface area contributed by atoms with Gasteiger partial charge in [0.25, 0.3) is 17.3 Å². The number of azo groups is 1. The van der Waals surface area contributed by atoms with Gasteiger partial charge in [-0.05, 0) is 25.5 Å². The number of rotatable bonds is 8. The van der Waals surface area contributed by atoms with Crippen molar-refractivity contribution < 1.29 is 19.7 Å². The molecule has 1 N–H and O–H groups in total. The van der Waals surface area contributed by atoms with Crippen LogP contribution in [0.4, 0.5) is 17.1 Å². The maximum Gasteiger partial charge on any atom is 0.295 e. The van der Waals surface area contributed by atoms with Gasteiger partial charge in [0, 0.05) is 24.1 Å². The summed E-state index contributed by atoms with van der Waals surface area (Å²) in [5.41, 5.74) is 0.176. The molecular formula is C21H21N5O6. The van der Waals surface area contributed by atoms with Gasteiger partial charge >= 0.3 is 0 Å². The van der Waals surface area contributed by atoms with Gasteiger partial charge in [0.15, 0.2) is 5.69 Å². The van der Waals surface area contributed by atoms with Crippen molar-refractivity contribution in [1.82, 2.24) is 4.57 Å². The van der Waals surface area contributed by atoms with Crippen LogP contribution in [0.15, 0.2) is 46.6 Å². The standard InChI is InChI=1S/C21H21N5O6/c1-3-4-5-8-24-18-7-6-13(2)9-17(18)19(21(24)28)22-23-20(27)14-10-15(25(29)30)12-16(11-14)26(31)32/h6-7,9-12,28H,3-5,8H2,1-2H3. The zero-order valence-corrected chi connectivity index (χ0v) is 17.5. The number of nitrogens with zero attached hydrogens (tertiary/aromatic N) is 5. The molecule has 1 aromatic heterocycles. The van der Waals surface area contributed by atoms with E-state index >= 15 is 0 Å². The molecule has 0 unspecified atom stereocenters. The van der Waals surface area contributed by atoms with Crippen molar-refractivity contribution in [3.05, 3.63) is 67.8 Å². The van der Waals surface area contributed by atoms with E-state index in [9.17, 15) is 30.1 Å². The van der Waals surface area contributed by atoms with Crippen LogP contribution in [0.3, 0.4) is 0 Å². The molecule has 0 aliphatic rings. The Hall–Kier alpha value is -4.15. The highest BCUT2D eigenvalue weighted by Gasteiger charge is 2.21. The quantitative estimate of drug-likeness (QED) is 0.209. The SMILES string of the molecule is CCCCCn1c(O)c(N=NC(=O)c2cc([N+](=O)[O-])cc([N+](=O)[O-])c2)c2cc(C)ccc21. The van der Waals surface area contributed by atoms with Gasteiger partial charge in [-0.25, -0.2) is 0 Å². The third-order valence-electron chi connectivity index (χ3n) is 4.96. The van der Waals surface area contributed by atoms with Gasteiger partial charge in [-0.1, -0.05) is 31.4 Å². The Kier molecular flexibility index (Phi) is 6.57. The minimum absolute atomic E-state index is 0.0912.